The van der Waals surface area contributed by atoms with Gasteiger partial charge in [-0.15, -0.1) is 0 Å². The van der Waals surface area contributed by atoms with Gasteiger partial charge in [-0.1, -0.05) is 13.3 Å². The van der Waals surface area contributed by atoms with E-state index in [0.717, 1.165) is 12.8 Å². The van der Waals surface area contributed by atoms with E-state index in [-0.39, 0.29) is 17.2 Å². The first-order valence-corrected chi connectivity index (χ1v) is 8.64. The number of nitrogens with two attached hydrogens (primary N) is 1. The highest BCUT2D eigenvalue weighted by atomic mass is 16.6. The maximum Gasteiger partial charge on any atom is 0.315 e. The highest BCUT2D eigenvalue weighted by Crippen LogP contribution is 2.38. The van der Waals surface area contributed by atoms with Gasteiger partial charge >= 0.3 is 5.69 Å². The number of methoxy groups -OCH3 is 1. The smallest absolute Gasteiger partial charge is 0.315 e. The number of hydrazone groups is 1. The molecule has 2 rings (SSSR count). The summed E-state index contributed by atoms with van der Waals surface area (Å²) in [5.74, 6) is -0.141. The minimum absolute atomic E-state index is 0.0732. The number of hydrogen-bond donors (Lipinski definition) is 2. The van der Waals surface area contributed by atoms with Crippen LogP contribution in [0, 0.1) is 10.1 Å². The lowest BCUT2D eigenvalue weighted by Gasteiger charge is -2.11. The van der Waals surface area contributed by atoms with Crippen LogP contribution in [-0.2, 0) is 0 Å². The van der Waals surface area contributed by atoms with Gasteiger partial charge in [0.15, 0.2) is 5.75 Å². The molecule has 0 aliphatic carbocycles. The van der Waals surface area contributed by atoms with Gasteiger partial charge in [0.2, 0.25) is 5.75 Å². The molecule has 9 heteroatoms. The monoisotopic (exact) mass is 386 g/mol. The molecule has 0 aliphatic rings. The molecule has 0 aliphatic heterocycles. The first kappa shape index (κ1) is 20.7. The minimum atomic E-state index is -0.548. The van der Waals surface area contributed by atoms with Crippen LogP contribution in [0.15, 0.2) is 41.5 Å². The normalized spacial score (nSPS) is 10.6. The average Bonchev–Trinajstić information content (AvgIpc) is 2.68. The topological polar surface area (TPSA) is 129 Å². The second kappa shape index (κ2) is 9.91. The van der Waals surface area contributed by atoms with Crippen LogP contribution >= 0.6 is 0 Å². The number of benzene rings is 2. The molecule has 1 amide bonds. The number of nitrogens with one attached hydrogen (secondary N) is 1. The fraction of sp³-hybridized carbons (Fsp3) is 0.263. The van der Waals surface area contributed by atoms with Gasteiger partial charge in [0.1, 0.15) is 0 Å². The Morgan fingerprint density at radius 2 is 2.04 bits per heavy atom. The molecule has 3 N–H and O–H groups in total. The van der Waals surface area contributed by atoms with E-state index in [2.05, 4.69) is 10.5 Å². The number of unbranched alkanes of at least 4 members (excludes halogenated alkanes) is 1. The van der Waals surface area contributed by atoms with Crippen LogP contribution in [0.25, 0.3) is 0 Å². The number of carbonyl (C=O) groups is 1. The Morgan fingerprint density at radius 3 is 2.64 bits per heavy atom. The molecule has 0 bridgehead atoms. The number of amides is 1. The molecule has 0 spiro atoms. The number of ether oxygens (including phenoxy) is 2. The summed E-state index contributed by atoms with van der Waals surface area (Å²) in [5, 5.41) is 15.3. The van der Waals surface area contributed by atoms with Crippen molar-refractivity contribution in [1.82, 2.24) is 5.43 Å². The number of rotatable bonds is 9. The highest BCUT2D eigenvalue weighted by molar-refractivity contribution is 5.95. The highest BCUT2D eigenvalue weighted by Gasteiger charge is 2.22. The van der Waals surface area contributed by atoms with Crippen LogP contribution in [0.2, 0.25) is 0 Å². The minimum Gasteiger partial charge on any atom is -0.493 e. The molecule has 9 nitrogen and oxygen atoms in total. The van der Waals surface area contributed by atoms with E-state index >= 15 is 0 Å². The molecule has 0 radical (unpaired) electrons. The van der Waals surface area contributed by atoms with Crippen LogP contribution in [0.1, 0.15) is 35.7 Å². The van der Waals surface area contributed by atoms with E-state index in [4.69, 9.17) is 15.2 Å². The van der Waals surface area contributed by atoms with Crippen molar-refractivity contribution in [3.05, 3.63) is 57.6 Å². The van der Waals surface area contributed by atoms with Gasteiger partial charge in [-0.2, -0.15) is 5.10 Å². The zero-order valence-corrected chi connectivity index (χ0v) is 15.7. The van der Waals surface area contributed by atoms with Crippen molar-refractivity contribution in [2.24, 2.45) is 5.10 Å². The fourth-order valence-corrected chi connectivity index (χ4v) is 2.30. The number of nitrogens with zero attached hydrogens (tertiary/aromatic N) is 2. The Balaban J connectivity index is 2.19. The number of nitro benzene ring substituents is 1. The Bertz CT molecular complexity index is 865. The molecular weight excluding hydrogens is 364 g/mol. The van der Waals surface area contributed by atoms with Crippen LogP contribution in [-0.4, -0.2) is 30.8 Å². The van der Waals surface area contributed by atoms with Gasteiger partial charge in [0.25, 0.3) is 5.91 Å². The third kappa shape index (κ3) is 5.44. The molecule has 2 aromatic rings. The van der Waals surface area contributed by atoms with Gasteiger partial charge in [0, 0.05) is 22.9 Å². The molecule has 0 aromatic heterocycles. The number of hydrogen-bond acceptors (Lipinski definition) is 7. The molecule has 0 saturated heterocycles. The second-order valence-electron chi connectivity index (χ2n) is 5.85. The van der Waals surface area contributed by atoms with Crippen molar-refractivity contribution < 1.29 is 19.2 Å². The Hall–Kier alpha value is -3.62. The average molecular weight is 386 g/mol. The zero-order valence-electron chi connectivity index (χ0n) is 15.7. The van der Waals surface area contributed by atoms with E-state index in [9.17, 15) is 14.9 Å². The Kier molecular flexibility index (Phi) is 7.32. The third-order valence-corrected chi connectivity index (χ3v) is 3.77. The number of nitro groups is 1. The summed E-state index contributed by atoms with van der Waals surface area (Å²) >= 11 is 0. The molecule has 28 heavy (non-hydrogen) atoms. The summed E-state index contributed by atoms with van der Waals surface area (Å²) in [7, 11) is 1.40. The standard InChI is InChI=1S/C19H22N4O5/c1-3-4-9-28-18-16(23(25)26)10-13(11-17(18)27-2)12-21-22-19(24)14-5-7-15(20)8-6-14/h5-8,10-12H,3-4,9,20H2,1-2H3,(H,22,24)/b21-12-. The number of anilines is 1. The lowest BCUT2D eigenvalue weighted by molar-refractivity contribution is -0.386. The second-order valence-corrected chi connectivity index (χ2v) is 5.85. The fourth-order valence-electron chi connectivity index (χ4n) is 2.30. The summed E-state index contributed by atoms with van der Waals surface area (Å²) in [6.45, 7) is 2.34. The van der Waals surface area contributed by atoms with E-state index in [1.165, 1.54) is 19.4 Å². The maximum absolute atomic E-state index is 12.0. The molecule has 2 aromatic carbocycles. The Morgan fingerprint density at radius 1 is 1.32 bits per heavy atom. The van der Waals surface area contributed by atoms with Crippen LogP contribution in [0.3, 0.4) is 0 Å². The third-order valence-electron chi connectivity index (χ3n) is 3.77. The molecule has 0 unspecified atom stereocenters. The first-order valence-electron chi connectivity index (χ1n) is 8.64. The van der Waals surface area contributed by atoms with Crippen LogP contribution in [0.5, 0.6) is 11.5 Å². The van der Waals surface area contributed by atoms with E-state index < -0.39 is 10.8 Å². The zero-order chi connectivity index (χ0) is 20.5. The molecule has 0 heterocycles. The summed E-state index contributed by atoms with van der Waals surface area (Å²) in [6.07, 6.45) is 2.95. The van der Waals surface area contributed by atoms with Crippen molar-refractivity contribution >= 4 is 23.5 Å². The molecule has 0 fully saturated rings. The molecular formula is C19H22N4O5. The molecule has 0 saturated carbocycles. The molecule has 0 atom stereocenters. The SMILES string of the molecule is CCCCOc1c(OC)cc(/C=N\NC(=O)c2ccc(N)cc2)cc1[N+](=O)[O-]. The van der Waals surface area contributed by atoms with Crippen LogP contribution < -0.4 is 20.6 Å². The quantitative estimate of drug-likeness (QED) is 0.224. The predicted octanol–water partition coefficient (Wildman–Crippen LogP) is 3.13. The summed E-state index contributed by atoms with van der Waals surface area (Å²) in [6, 6.07) is 9.19. The lowest BCUT2D eigenvalue weighted by Crippen LogP contribution is -2.17. The lowest BCUT2D eigenvalue weighted by atomic mass is 10.2. The van der Waals surface area contributed by atoms with E-state index in [1.807, 2.05) is 6.92 Å². The van der Waals surface area contributed by atoms with Gasteiger partial charge in [0.05, 0.1) is 24.9 Å². The predicted molar refractivity (Wildman–Crippen MR) is 106 cm³/mol. The van der Waals surface area contributed by atoms with Gasteiger partial charge < -0.3 is 15.2 Å². The largest absolute Gasteiger partial charge is 0.493 e. The van der Waals surface area contributed by atoms with Crippen molar-refractivity contribution in [3.8, 4) is 11.5 Å². The first-order chi connectivity index (χ1) is 13.5. The van der Waals surface area contributed by atoms with Gasteiger partial charge in [-0.05, 0) is 36.8 Å². The van der Waals surface area contributed by atoms with Crippen molar-refractivity contribution in [2.75, 3.05) is 19.5 Å². The summed E-state index contributed by atoms with van der Waals surface area (Å²) in [4.78, 5) is 22.9. The van der Waals surface area contributed by atoms with Gasteiger partial charge in [-0.3, -0.25) is 14.9 Å². The Labute approximate surface area is 162 Å². The summed E-state index contributed by atoms with van der Waals surface area (Å²) in [5.41, 5.74) is 9.01. The van der Waals surface area contributed by atoms with E-state index in [0.29, 0.717) is 23.4 Å². The summed E-state index contributed by atoms with van der Waals surface area (Å²) < 4.78 is 10.8. The van der Waals surface area contributed by atoms with Gasteiger partial charge in [-0.25, -0.2) is 5.43 Å². The maximum atomic E-state index is 12.0. The van der Waals surface area contributed by atoms with Crippen molar-refractivity contribution in [2.45, 2.75) is 19.8 Å². The number of carbonyl (C=O) groups excluding carboxylic acids is 1. The van der Waals surface area contributed by atoms with Crippen molar-refractivity contribution in [3.63, 3.8) is 0 Å². The molecule has 148 valence electrons. The van der Waals surface area contributed by atoms with Crippen molar-refractivity contribution in [1.29, 1.82) is 0 Å². The van der Waals surface area contributed by atoms with Crippen LogP contribution in [0.4, 0.5) is 11.4 Å². The van der Waals surface area contributed by atoms with E-state index in [1.54, 1.807) is 30.3 Å². The number of nitrogen functional groups attached to an aromatic ring is 1.